The molecule has 168 valence electrons. The summed E-state index contributed by atoms with van der Waals surface area (Å²) in [6.45, 7) is 2.25. The first-order valence-electron chi connectivity index (χ1n) is 8.83. The van der Waals surface area contributed by atoms with Gasteiger partial charge in [-0.15, -0.1) is 0 Å². The Balaban J connectivity index is -0.000000576. The van der Waals surface area contributed by atoms with Gasteiger partial charge in [0.05, 0.1) is 27.9 Å². The molecule has 0 spiro atoms. The molecule has 1 aromatic rings. The maximum atomic E-state index is 12.2. The fraction of sp³-hybridized carbons (Fsp3) is 0.632. The predicted molar refractivity (Wildman–Crippen MR) is 110 cm³/mol. The van der Waals surface area contributed by atoms with Gasteiger partial charge in [-0.25, -0.2) is 0 Å². The molecule has 0 amide bonds. The molecule has 0 radical (unpaired) electrons. The average Bonchev–Trinajstić information content (AvgIpc) is 2.58. The van der Waals surface area contributed by atoms with Crippen LogP contribution in [0.25, 0.3) is 0 Å². The van der Waals surface area contributed by atoms with Gasteiger partial charge in [-0.1, -0.05) is 62.8 Å². The normalized spacial score (nSPS) is 17.4. The molecule has 1 aliphatic rings. The summed E-state index contributed by atoms with van der Waals surface area (Å²) in [5.74, 6) is 0.795. The molecule has 0 atom stereocenters. The molecule has 0 saturated heterocycles. The summed E-state index contributed by atoms with van der Waals surface area (Å²) >= 11 is 7.16. The number of halogens is 6. The van der Waals surface area contributed by atoms with Gasteiger partial charge in [-0.05, 0) is 43.7 Å². The number of hydrogen-bond acceptors (Lipinski definition) is 3. The first-order valence-corrected chi connectivity index (χ1v) is 9.95. The third-order valence-electron chi connectivity index (χ3n) is 4.70. The van der Waals surface area contributed by atoms with Crippen LogP contribution in [0.4, 0.5) is 23.5 Å². The Morgan fingerprint density at radius 2 is 1.61 bits per heavy atom. The number of unbranched alkanes of at least 4 members (excludes halogenated alkanes) is 3. The third kappa shape index (κ3) is 11.7. The van der Waals surface area contributed by atoms with Gasteiger partial charge in [0, 0.05) is 0 Å². The Morgan fingerprint density at radius 1 is 1.00 bits per heavy atom. The zero-order chi connectivity index (χ0) is 16.5. The fourth-order valence-corrected chi connectivity index (χ4v) is 4.03. The van der Waals surface area contributed by atoms with E-state index in [0.29, 0.717) is 5.02 Å². The van der Waals surface area contributed by atoms with Crippen LogP contribution < -0.4 is 0 Å². The minimum absolute atomic E-state index is 0. The topological polar surface area (TPSA) is 26.3 Å². The quantitative estimate of drug-likeness (QED) is 0.232. The molecule has 1 saturated carbocycles. The van der Waals surface area contributed by atoms with E-state index in [1.165, 1.54) is 44.9 Å². The maximum Gasteiger partial charge on any atom is 0.321 e. The zero-order valence-electron chi connectivity index (χ0n) is 16.0. The lowest BCUT2D eigenvalue weighted by atomic mass is 9.80. The van der Waals surface area contributed by atoms with E-state index < -0.39 is 0 Å². The highest BCUT2D eigenvalue weighted by atomic mass is 35.5. The molecule has 1 aliphatic carbocycles. The lowest BCUT2D eigenvalue weighted by Gasteiger charge is -2.26. The Kier molecular flexibility index (Phi) is 23.8. The lowest BCUT2D eigenvalue weighted by Crippen LogP contribution is -2.22. The van der Waals surface area contributed by atoms with E-state index in [2.05, 4.69) is 6.92 Å². The van der Waals surface area contributed by atoms with Gasteiger partial charge in [0.15, 0.2) is 0 Å². The van der Waals surface area contributed by atoms with Gasteiger partial charge in [0.1, 0.15) is 0 Å². The second-order valence-corrected chi connectivity index (χ2v) is 7.66. The van der Waals surface area contributed by atoms with Crippen LogP contribution in [-0.4, -0.2) is 5.97 Å². The Bertz CT molecular complexity index is 503. The van der Waals surface area contributed by atoms with Crippen molar-refractivity contribution in [1.29, 1.82) is 0 Å². The van der Waals surface area contributed by atoms with Crippen molar-refractivity contribution in [1.82, 2.24) is 0 Å². The van der Waals surface area contributed by atoms with Crippen LogP contribution in [0.1, 0.15) is 64.7 Å². The molecule has 0 N–H and O–H groups in total. The molecule has 9 heteroatoms. The molecular formula is C19H32ClF5O2S. The van der Waals surface area contributed by atoms with Crippen LogP contribution in [0.5, 0.6) is 0 Å². The van der Waals surface area contributed by atoms with E-state index in [1.807, 2.05) is 24.3 Å². The van der Waals surface area contributed by atoms with Crippen LogP contribution in [0.2, 0.25) is 5.02 Å². The van der Waals surface area contributed by atoms with Crippen molar-refractivity contribution in [3.8, 4) is 0 Å². The van der Waals surface area contributed by atoms with Gasteiger partial charge < -0.3 is 4.18 Å². The van der Waals surface area contributed by atoms with Crippen molar-refractivity contribution in [2.75, 3.05) is 0 Å². The molecule has 0 bridgehead atoms. The number of carbonyl (C=O) groups is 1. The standard InChI is InChI=1S/C19H27ClO2S.5FH/c1-2-3-4-5-8-15-11-13-16(14-12-15)19(21)22-23-18-10-7-6-9-17(18)20;;;;;/h6-7,9-10,15-16H,2-5,8,11-14H2,1H3;5*1H. The van der Waals surface area contributed by atoms with E-state index in [4.69, 9.17) is 15.8 Å². The second kappa shape index (κ2) is 19.3. The number of benzene rings is 1. The highest BCUT2D eigenvalue weighted by molar-refractivity contribution is 7.95. The van der Waals surface area contributed by atoms with E-state index in [9.17, 15) is 4.79 Å². The number of carbonyl (C=O) groups excluding carboxylic acids is 1. The van der Waals surface area contributed by atoms with E-state index in [-0.39, 0.29) is 35.4 Å². The average molecular weight is 455 g/mol. The van der Waals surface area contributed by atoms with Gasteiger partial charge >= 0.3 is 5.97 Å². The summed E-state index contributed by atoms with van der Waals surface area (Å²) in [7, 11) is 0. The Morgan fingerprint density at radius 3 is 2.18 bits per heavy atom. The highest BCUT2D eigenvalue weighted by Gasteiger charge is 2.27. The molecule has 1 fully saturated rings. The van der Waals surface area contributed by atoms with Crippen LogP contribution in [-0.2, 0) is 8.98 Å². The van der Waals surface area contributed by atoms with Gasteiger partial charge in [0.2, 0.25) is 0 Å². The highest BCUT2D eigenvalue weighted by Crippen LogP contribution is 2.35. The summed E-state index contributed by atoms with van der Waals surface area (Å²) in [5.41, 5.74) is 0. The van der Waals surface area contributed by atoms with Crippen LogP contribution >= 0.6 is 23.6 Å². The molecule has 28 heavy (non-hydrogen) atoms. The zero-order valence-corrected chi connectivity index (χ0v) is 17.5. The van der Waals surface area contributed by atoms with Crippen LogP contribution in [0.3, 0.4) is 0 Å². The monoisotopic (exact) mass is 454 g/mol. The number of hydrogen-bond donors (Lipinski definition) is 0. The van der Waals surface area contributed by atoms with Crippen molar-refractivity contribution in [2.45, 2.75) is 69.6 Å². The van der Waals surface area contributed by atoms with Crippen LogP contribution in [0.15, 0.2) is 29.2 Å². The third-order valence-corrected chi connectivity index (χ3v) is 5.92. The summed E-state index contributed by atoms with van der Waals surface area (Å²) in [6.07, 6.45) is 11.0. The van der Waals surface area contributed by atoms with E-state index in [0.717, 1.165) is 35.7 Å². The molecule has 1 aromatic carbocycles. The fourth-order valence-electron chi connectivity index (χ4n) is 3.21. The number of rotatable bonds is 8. The van der Waals surface area contributed by atoms with E-state index >= 15 is 0 Å². The largest absolute Gasteiger partial charge is 0.386 e. The second-order valence-electron chi connectivity index (χ2n) is 6.48. The maximum absolute atomic E-state index is 12.2. The summed E-state index contributed by atoms with van der Waals surface area (Å²) in [4.78, 5) is 13.0. The van der Waals surface area contributed by atoms with Crippen molar-refractivity contribution in [3.63, 3.8) is 0 Å². The SMILES string of the molecule is CCCCCCC1CCC(C(=O)OSc2ccccc2Cl)CC1.F.F.F.F.F. The molecule has 2 nitrogen and oxygen atoms in total. The lowest BCUT2D eigenvalue weighted by molar-refractivity contribution is -0.138. The van der Waals surface area contributed by atoms with Crippen molar-refractivity contribution < 1.29 is 32.5 Å². The van der Waals surface area contributed by atoms with Crippen molar-refractivity contribution in [3.05, 3.63) is 29.3 Å². The first-order chi connectivity index (χ1) is 11.2. The molecule has 0 aliphatic heterocycles. The minimum Gasteiger partial charge on any atom is -0.386 e. The van der Waals surface area contributed by atoms with E-state index in [1.54, 1.807) is 0 Å². The van der Waals surface area contributed by atoms with Crippen LogP contribution in [0, 0.1) is 11.8 Å². The van der Waals surface area contributed by atoms with Crippen molar-refractivity contribution >= 4 is 29.6 Å². The van der Waals surface area contributed by atoms with Gasteiger partial charge in [-0.3, -0.25) is 28.3 Å². The van der Waals surface area contributed by atoms with Gasteiger partial charge in [-0.2, -0.15) is 0 Å². The molecular weight excluding hydrogens is 423 g/mol. The summed E-state index contributed by atoms with van der Waals surface area (Å²) in [6, 6.07) is 7.44. The summed E-state index contributed by atoms with van der Waals surface area (Å²) < 4.78 is 5.39. The smallest absolute Gasteiger partial charge is 0.321 e. The van der Waals surface area contributed by atoms with Gasteiger partial charge in [0.25, 0.3) is 0 Å². The minimum atomic E-state index is -0.0839. The summed E-state index contributed by atoms with van der Waals surface area (Å²) in [5, 5.41) is 0.626. The molecule has 0 unspecified atom stereocenters. The van der Waals surface area contributed by atoms with Crippen molar-refractivity contribution in [2.24, 2.45) is 11.8 Å². The predicted octanol–water partition coefficient (Wildman–Crippen LogP) is 7.43. The molecule has 0 heterocycles. The Labute approximate surface area is 173 Å². The molecule has 0 aromatic heterocycles. The Hall–Kier alpha value is -1.02. The molecule has 2 rings (SSSR count). The first kappa shape index (κ1) is 34.5.